The molecule has 0 saturated heterocycles. The number of benzene rings is 2. The Morgan fingerprint density at radius 3 is 2.69 bits per heavy atom. The van der Waals surface area contributed by atoms with Crippen molar-refractivity contribution in [1.29, 1.82) is 0 Å². The average Bonchev–Trinajstić information content (AvgIpc) is 2.93. The average molecular weight is 536 g/mol. The van der Waals surface area contributed by atoms with Crippen LogP contribution >= 0.6 is 0 Å². The number of allylic oxidation sites excluding steroid dienone is 4. The van der Waals surface area contributed by atoms with Gasteiger partial charge in [-0.3, -0.25) is 4.79 Å². The number of amides is 1. The Balaban J connectivity index is 1.42. The van der Waals surface area contributed by atoms with Crippen molar-refractivity contribution < 1.29 is 27.9 Å². The van der Waals surface area contributed by atoms with Crippen LogP contribution in [0.5, 0.6) is 0 Å². The third-order valence-electron chi connectivity index (χ3n) is 7.33. The lowest BCUT2D eigenvalue weighted by atomic mass is 9.87. The summed E-state index contributed by atoms with van der Waals surface area (Å²) in [5, 5.41) is 11.9. The third kappa shape index (κ3) is 5.87. The number of alkyl halides is 2. The molecule has 39 heavy (non-hydrogen) atoms. The molecule has 2 aliphatic rings. The largest absolute Gasteiger partial charge is 0.477 e. The molecular weight excluding hydrogens is 507 g/mol. The maximum atomic E-state index is 13.7. The lowest BCUT2D eigenvalue weighted by Crippen LogP contribution is -2.31. The SMILES string of the molecule is O=C(NC1CCCc2ccccc21)c1ccc2nc(C3C=CC(F)=CC3)c(CCCC(F)(F)C(=O)O)nc2c1. The number of halogens is 3. The van der Waals surface area contributed by atoms with Gasteiger partial charge in [0.05, 0.1) is 28.5 Å². The molecule has 1 amide bonds. The molecule has 2 unspecified atom stereocenters. The summed E-state index contributed by atoms with van der Waals surface area (Å²) < 4.78 is 40.9. The number of carbonyl (C=O) groups excluding carboxylic acids is 1. The molecule has 5 rings (SSSR count). The molecule has 0 aliphatic heterocycles. The van der Waals surface area contributed by atoms with Crippen LogP contribution in [0.1, 0.15) is 76.9 Å². The molecule has 2 atom stereocenters. The fourth-order valence-electron chi connectivity index (χ4n) is 5.25. The van der Waals surface area contributed by atoms with E-state index in [0.29, 0.717) is 34.4 Å². The van der Waals surface area contributed by atoms with Crippen LogP contribution in [-0.2, 0) is 17.6 Å². The Morgan fingerprint density at radius 1 is 1.10 bits per heavy atom. The fraction of sp³-hybridized carbons (Fsp3) is 0.333. The maximum Gasteiger partial charge on any atom is 0.374 e. The van der Waals surface area contributed by atoms with E-state index in [1.807, 2.05) is 18.2 Å². The number of aromatic nitrogens is 2. The molecule has 0 fully saturated rings. The zero-order valence-electron chi connectivity index (χ0n) is 21.2. The summed E-state index contributed by atoms with van der Waals surface area (Å²) in [4.78, 5) is 33.4. The molecule has 1 heterocycles. The minimum Gasteiger partial charge on any atom is -0.477 e. The number of rotatable bonds is 8. The highest BCUT2D eigenvalue weighted by molar-refractivity contribution is 5.97. The van der Waals surface area contributed by atoms with Gasteiger partial charge >= 0.3 is 11.9 Å². The number of nitrogens with one attached hydrogen (secondary N) is 1. The predicted octanol–water partition coefficient (Wildman–Crippen LogP) is 6.38. The van der Waals surface area contributed by atoms with Crippen molar-refractivity contribution in [2.45, 2.75) is 62.8 Å². The molecule has 2 aliphatic carbocycles. The van der Waals surface area contributed by atoms with Crippen molar-refractivity contribution >= 4 is 22.9 Å². The Hall–Kier alpha value is -4.01. The van der Waals surface area contributed by atoms with E-state index in [1.54, 1.807) is 24.3 Å². The van der Waals surface area contributed by atoms with E-state index in [4.69, 9.17) is 10.1 Å². The second kappa shape index (κ2) is 11.0. The Bertz CT molecular complexity index is 1480. The van der Waals surface area contributed by atoms with Gasteiger partial charge in [-0.2, -0.15) is 8.78 Å². The minimum absolute atomic E-state index is 0.0625. The molecule has 2 aromatic carbocycles. The van der Waals surface area contributed by atoms with Gasteiger partial charge in [0.1, 0.15) is 5.83 Å². The van der Waals surface area contributed by atoms with Crippen LogP contribution < -0.4 is 5.32 Å². The van der Waals surface area contributed by atoms with Crippen LogP contribution in [0.3, 0.4) is 0 Å². The number of carboxylic acid groups (broad SMARTS) is 1. The summed E-state index contributed by atoms with van der Waals surface area (Å²) in [6.07, 6.45) is 6.64. The second-order valence-corrected chi connectivity index (χ2v) is 10.0. The van der Waals surface area contributed by atoms with Crippen molar-refractivity contribution in [2.75, 3.05) is 0 Å². The Labute approximate surface area is 223 Å². The molecule has 0 spiro atoms. The van der Waals surface area contributed by atoms with Crippen molar-refractivity contribution in [3.8, 4) is 0 Å². The van der Waals surface area contributed by atoms with E-state index in [0.717, 1.165) is 24.8 Å². The van der Waals surface area contributed by atoms with Crippen LogP contribution in [0.25, 0.3) is 11.0 Å². The van der Waals surface area contributed by atoms with E-state index in [2.05, 4.69) is 16.4 Å². The third-order valence-corrected chi connectivity index (χ3v) is 7.33. The van der Waals surface area contributed by atoms with Gasteiger partial charge in [-0.15, -0.1) is 0 Å². The minimum atomic E-state index is -3.84. The summed E-state index contributed by atoms with van der Waals surface area (Å²) >= 11 is 0. The molecule has 2 N–H and O–H groups in total. The summed E-state index contributed by atoms with van der Waals surface area (Å²) in [5.41, 5.74) is 4.65. The van der Waals surface area contributed by atoms with Gasteiger partial charge in [0.2, 0.25) is 0 Å². The number of hydrogen-bond donors (Lipinski definition) is 2. The van der Waals surface area contributed by atoms with Crippen LogP contribution in [-0.4, -0.2) is 32.9 Å². The Morgan fingerprint density at radius 2 is 1.92 bits per heavy atom. The first-order chi connectivity index (χ1) is 18.7. The number of aryl methyl sites for hydroxylation is 2. The normalized spacial score (nSPS) is 18.9. The molecule has 0 saturated carbocycles. The zero-order valence-corrected chi connectivity index (χ0v) is 21.2. The van der Waals surface area contributed by atoms with Crippen LogP contribution in [0, 0.1) is 0 Å². The van der Waals surface area contributed by atoms with E-state index in [-0.39, 0.29) is 36.5 Å². The molecule has 202 valence electrons. The van der Waals surface area contributed by atoms with Crippen molar-refractivity contribution in [2.24, 2.45) is 0 Å². The predicted molar refractivity (Wildman–Crippen MR) is 140 cm³/mol. The van der Waals surface area contributed by atoms with E-state index in [1.165, 1.54) is 17.7 Å². The molecular formula is C30H28F3N3O3. The first kappa shape index (κ1) is 26.6. The van der Waals surface area contributed by atoms with Gasteiger partial charge in [0, 0.05) is 17.9 Å². The summed E-state index contributed by atoms with van der Waals surface area (Å²) in [6.45, 7) is 0. The highest BCUT2D eigenvalue weighted by atomic mass is 19.3. The lowest BCUT2D eigenvalue weighted by molar-refractivity contribution is -0.165. The molecule has 0 radical (unpaired) electrons. The fourth-order valence-corrected chi connectivity index (χ4v) is 5.25. The molecule has 6 nitrogen and oxygen atoms in total. The first-order valence-electron chi connectivity index (χ1n) is 13.1. The zero-order chi connectivity index (χ0) is 27.6. The van der Waals surface area contributed by atoms with Gasteiger partial charge in [0.15, 0.2) is 0 Å². The van der Waals surface area contributed by atoms with Crippen LogP contribution in [0.15, 0.2) is 66.5 Å². The van der Waals surface area contributed by atoms with Gasteiger partial charge in [-0.05, 0) is 80.0 Å². The topological polar surface area (TPSA) is 92.2 Å². The molecule has 0 bridgehead atoms. The van der Waals surface area contributed by atoms with Crippen LogP contribution in [0.2, 0.25) is 0 Å². The number of hydrogen-bond acceptors (Lipinski definition) is 4. The number of aliphatic carboxylic acids is 1. The quantitative estimate of drug-likeness (QED) is 0.349. The van der Waals surface area contributed by atoms with E-state index < -0.39 is 18.3 Å². The van der Waals surface area contributed by atoms with Gasteiger partial charge in [-0.1, -0.05) is 30.3 Å². The van der Waals surface area contributed by atoms with Crippen molar-refractivity contribution in [3.63, 3.8) is 0 Å². The lowest BCUT2D eigenvalue weighted by Gasteiger charge is -2.26. The van der Waals surface area contributed by atoms with Gasteiger partial charge in [0.25, 0.3) is 5.91 Å². The number of nitrogens with zero attached hydrogens (tertiary/aromatic N) is 2. The van der Waals surface area contributed by atoms with Crippen molar-refractivity contribution in [3.05, 3.63) is 94.6 Å². The first-order valence-corrected chi connectivity index (χ1v) is 13.1. The standard InChI is InChI=1S/C30H28F3N3O3/c31-21-13-10-19(11-14-21)27-25(9-4-16-30(32,33)29(38)39)34-26-17-20(12-15-24(26)35-27)28(37)36-23-8-3-6-18-5-1-2-7-22(18)23/h1-2,5,7,10,12-15,17,19,23H,3-4,6,8-9,11,16H2,(H,36,37)(H,38,39). The smallest absolute Gasteiger partial charge is 0.374 e. The highest BCUT2D eigenvalue weighted by Gasteiger charge is 2.38. The summed E-state index contributed by atoms with van der Waals surface area (Å²) in [7, 11) is 0. The molecule has 3 aromatic rings. The van der Waals surface area contributed by atoms with E-state index in [9.17, 15) is 22.8 Å². The molecule has 1 aromatic heterocycles. The highest BCUT2D eigenvalue weighted by Crippen LogP contribution is 2.32. The van der Waals surface area contributed by atoms with Gasteiger partial charge < -0.3 is 10.4 Å². The maximum absolute atomic E-state index is 13.7. The van der Waals surface area contributed by atoms with Gasteiger partial charge in [-0.25, -0.2) is 19.2 Å². The summed E-state index contributed by atoms with van der Waals surface area (Å²) in [5.74, 6) is -6.92. The monoisotopic (exact) mass is 535 g/mol. The number of fused-ring (bicyclic) bond motifs is 2. The molecule has 9 heteroatoms. The summed E-state index contributed by atoms with van der Waals surface area (Å²) in [6, 6.07) is 13.0. The van der Waals surface area contributed by atoms with Crippen molar-refractivity contribution in [1.82, 2.24) is 15.3 Å². The number of carbonyl (C=O) groups is 2. The van der Waals surface area contributed by atoms with E-state index >= 15 is 0 Å². The van der Waals surface area contributed by atoms with Crippen LogP contribution in [0.4, 0.5) is 13.2 Å². The second-order valence-electron chi connectivity index (χ2n) is 10.0. The Kier molecular flexibility index (Phi) is 7.50. The number of carboxylic acids is 1.